The average molecular weight is 501 g/mol. The maximum absolute atomic E-state index is 13.3. The second-order valence-electron chi connectivity index (χ2n) is 7.46. The highest BCUT2D eigenvalue weighted by Crippen LogP contribution is 2.39. The molecule has 33 heavy (non-hydrogen) atoms. The number of benzene rings is 2. The summed E-state index contributed by atoms with van der Waals surface area (Å²) >= 11 is 8.78. The van der Waals surface area contributed by atoms with E-state index in [2.05, 4.69) is 59.0 Å². The maximum atomic E-state index is 13.3. The molecule has 2 aromatic carbocycles. The number of carbonyl (C=O) groups excluding carboxylic acids is 1. The van der Waals surface area contributed by atoms with E-state index < -0.39 is 5.82 Å². The number of aromatic nitrogens is 3. The molecule has 0 spiro atoms. The first-order valence-corrected chi connectivity index (χ1v) is 12.6. The summed E-state index contributed by atoms with van der Waals surface area (Å²) in [6, 6.07) is 12.5. The zero-order chi connectivity index (χ0) is 23.5. The number of nitrogens with zero attached hydrogens (tertiary/aromatic N) is 3. The van der Waals surface area contributed by atoms with E-state index in [1.54, 1.807) is 11.3 Å². The van der Waals surface area contributed by atoms with Crippen LogP contribution in [0.2, 0.25) is 5.02 Å². The zero-order valence-electron chi connectivity index (χ0n) is 18.4. The van der Waals surface area contributed by atoms with Crippen LogP contribution in [0.15, 0.2) is 53.0 Å². The van der Waals surface area contributed by atoms with Gasteiger partial charge in [0.2, 0.25) is 5.91 Å². The molecule has 9 heteroatoms. The van der Waals surface area contributed by atoms with Crippen LogP contribution in [0.4, 0.5) is 10.1 Å². The molecule has 0 saturated carbocycles. The quantitative estimate of drug-likeness (QED) is 0.282. The van der Waals surface area contributed by atoms with Gasteiger partial charge in [-0.05, 0) is 44.5 Å². The average Bonchev–Trinajstić information content (AvgIpc) is 3.38. The lowest BCUT2D eigenvalue weighted by molar-refractivity contribution is -0.113. The third-order valence-corrected chi connectivity index (χ3v) is 7.29. The topological polar surface area (TPSA) is 59.8 Å². The van der Waals surface area contributed by atoms with E-state index >= 15 is 0 Å². The van der Waals surface area contributed by atoms with Crippen molar-refractivity contribution in [3.8, 4) is 22.5 Å². The van der Waals surface area contributed by atoms with Gasteiger partial charge >= 0.3 is 0 Å². The molecule has 0 atom stereocenters. The highest BCUT2D eigenvalue weighted by atomic mass is 35.5. The number of carbonyl (C=O) groups is 1. The summed E-state index contributed by atoms with van der Waals surface area (Å²) < 4.78 is 15.3. The first-order valence-electron chi connectivity index (χ1n) is 10.3. The lowest BCUT2D eigenvalue weighted by atomic mass is 10.0. The Bertz CT molecular complexity index is 1300. The number of hydrogen-bond donors (Lipinski definition) is 1. The smallest absolute Gasteiger partial charge is 0.234 e. The molecule has 0 aliphatic heterocycles. The normalized spacial score (nSPS) is 11.1. The van der Waals surface area contributed by atoms with Crippen molar-refractivity contribution < 1.29 is 9.18 Å². The number of aryl methyl sites for hydroxylation is 2. The first kappa shape index (κ1) is 23.5. The minimum atomic E-state index is -0.527. The van der Waals surface area contributed by atoms with Gasteiger partial charge in [-0.3, -0.25) is 4.79 Å². The predicted octanol–water partition coefficient (Wildman–Crippen LogP) is 6.83. The van der Waals surface area contributed by atoms with E-state index in [0.29, 0.717) is 17.4 Å². The largest absolute Gasteiger partial charge is 0.325 e. The van der Waals surface area contributed by atoms with Gasteiger partial charge in [0.25, 0.3) is 0 Å². The van der Waals surface area contributed by atoms with Crippen molar-refractivity contribution in [1.29, 1.82) is 0 Å². The third-order valence-electron chi connectivity index (χ3n) is 5.12. The Balaban J connectivity index is 1.54. The molecule has 4 aromatic rings. The Kier molecular flexibility index (Phi) is 7.17. The summed E-state index contributed by atoms with van der Waals surface area (Å²) in [7, 11) is 0. The molecule has 2 aromatic heterocycles. The van der Waals surface area contributed by atoms with Crippen LogP contribution >= 0.6 is 34.7 Å². The molecule has 170 valence electrons. The molecule has 0 radical (unpaired) electrons. The van der Waals surface area contributed by atoms with Crippen LogP contribution in [-0.2, 0) is 11.3 Å². The molecule has 2 heterocycles. The van der Waals surface area contributed by atoms with Crippen LogP contribution in [0.3, 0.4) is 0 Å². The van der Waals surface area contributed by atoms with E-state index in [9.17, 15) is 9.18 Å². The number of anilines is 1. The van der Waals surface area contributed by atoms with Crippen LogP contribution in [0.5, 0.6) is 0 Å². The Hall–Kier alpha value is -2.68. The summed E-state index contributed by atoms with van der Waals surface area (Å²) in [5.74, 6) is 0.161. The van der Waals surface area contributed by atoms with Gasteiger partial charge in [-0.25, -0.2) is 4.39 Å². The second kappa shape index (κ2) is 10.1. The Morgan fingerprint density at radius 3 is 2.64 bits per heavy atom. The monoisotopic (exact) mass is 500 g/mol. The lowest BCUT2D eigenvalue weighted by Gasteiger charge is -2.10. The van der Waals surface area contributed by atoms with Crippen LogP contribution in [0.25, 0.3) is 22.5 Å². The van der Waals surface area contributed by atoms with Crippen molar-refractivity contribution in [1.82, 2.24) is 14.8 Å². The van der Waals surface area contributed by atoms with Gasteiger partial charge in [-0.15, -0.1) is 21.5 Å². The molecule has 1 amide bonds. The molecule has 0 bridgehead atoms. The van der Waals surface area contributed by atoms with E-state index in [0.717, 1.165) is 22.5 Å². The summed E-state index contributed by atoms with van der Waals surface area (Å²) in [6.07, 6.45) is 0. The number of amides is 1. The predicted molar refractivity (Wildman–Crippen MR) is 135 cm³/mol. The molecular formula is C24H22ClFN4OS2. The number of hydrogen-bond acceptors (Lipinski definition) is 5. The van der Waals surface area contributed by atoms with Crippen molar-refractivity contribution in [3.63, 3.8) is 0 Å². The van der Waals surface area contributed by atoms with Crippen molar-refractivity contribution >= 4 is 46.3 Å². The minimum Gasteiger partial charge on any atom is -0.325 e. The fourth-order valence-corrected chi connectivity index (χ4v) is 5.33. The maximum Gasteiger partial charge on any atom is 0.234 e. The van der Waals surface area contributed by atoms with E-state index in [1.165, 1.54) is 40.4 Å². The molecule has 4 rings (SSSR count). The summed E-state index contributed by atoms with van der Waals surface area (Å²) in [5.41, 5.74) is 5.00. The third kappa shape index (κ3) is 5.13. The molecule has 0 aliphatic rings. The van der Waals surface area contributed by atoms with Gasteiger partial charge in [0.1, 0.15) is 5.82 Å². The summed E-state index contributed by atoms with van der Waals surface area (Å²) in [6.45, 7) is 6.88. The van der Waals surface area contributed by atoms with Gasteiger partial charge in [0.05, 0.1) is 10.8 Å². The second-order valence-corrected chi connectivity index (χ2v) is 9.90. The van der Waals surface area contributed by atoms with Crippen LogP contribution in [0, 0.1) is 19.7 Å². The van der Waals surface area contributed by atoms with Gasteiger partial charge in [-0.2, -0.15) is 0 Å². The molecule has 0 unspecified atom stereocenters. The molecular weight excluding hydrogens is 479 g/mol. The first-order chi connectivity index (χ1) is 15.9. The van der Waals surface area contributed by atoms with Crippen LogP contribution < -0.4 is 5.32 Å². The van der Waals surface area contributed by atoms with Gasteiger partial charge < -0.3 is 9.88 Å². The fraction of sp³-hybridized carbons (Fsp3) is 0.208. The Morgan fingerprint density at radius 1 is 1.18 bits per heavy atom. The van der Waals surface area contributed by atoms with Crippen LogP contribution in [0.1, 0.15) is 17.4 Å². The van der Waals surface area contributed by atoms with Crippen molar-refractivity contribution in [2.45, 2.75) is 32.5 Å². The van der Waals surface area contributed by atoms with Crippen molar-refractivity contribution in [2.75, 3.05) is 11.1 Å². The number of thiophene rings is 1. The van der Waals surface area contributed by atoms with Crippen molar-refractivity contribution in [2.24, 2.45) is 0 Å². The number of halogens is 2. The number of thioether (sulfide) groups is 1. The molecule has 0 saturated heterocycles. The van der Waals surface area contributed by atoms with Gasteiger partial charge in [-0.1, -0.05) is 53.2 Å². The SMILES string of the molecule is CCn1c(SCC(=O)Nc2ccc(F)c(Cl)c2)nnc1-c1csc(C)c1-c1ccc(C)cc1. The Morgan fingerprint density at radius 2 is 1.94 bits per heavy atom. The molecule has 1 N–H and O–H groups in total. The summed E-state index contributed by atoms with van der Waals surface area (Å²) in [5, 5.41) is 14.3. The van der Waals surface area contributed by atoms with E-state index in [1.807, 2.05) is 11.5 Å². The molecule has 0 aliphatic carbocycles. The zero-order valence-corrected chi connectivity index (χ0v) is 20.7. The lowest BCUT2D eigenvalue weighted by Crippen LogP contribution is -2.14. The standard InChI is InChI=1S/C24H22ClFN4OS2/c1-4-30-23(18-12-32-15(3)22(18)16-7-5-14(2)6-8-16)28-29-24(30)33-13-21(31)27-17-9-10-20(26)19(25)11-17/h5-12H,4,13H2,1-3H3,(H,27,31). The highest BCUT2D eigenvalue weighted by Gasteiger charge is 2.20. The van der Waals surface area contributed by atoms with E-state index in [4.69, 9.17) is 11.6 Å². The molecule has 0 fully saturated rings. The highest BCUT2D eigenvalue weighted by molar-refractivity contribution is 7.99. The van der Waals surface area contributed by atoms with E-state index in [-0.39, 0.29) is 16.7 Å². The number of nitrogens with one attached hydrogen (secondary N) is 1. The molecule has 5 nitrogen and oxygen atoms in total. The van der Waals surface area contributed by atoms with Gasteiger partial charge in [0.15, 0.2) is 11.0 Å². The van der Waals surface area contributed by atoms with Crippen molar-refractivity contribution in [3.05, 3.63) is 69.1 Å². The fourth-order valence-electron chi connectivity index (χ4n) is 3.48. The Labute approximate surface area is 205 Å². The number of rotatable bonds is 7. The summed E-state index contributed by atoms with van der Waals surface area (Å²) in [4.78, 5) is 13.6. The van der Waals surface area contributed by atoms with Crippen LogP contribution in [-0.4, -0.2) is 26.4 Å². The van der Waals surface area contributed by atoms with Gasteiger partial charge in [0, 0.05) is 33.6 Å². The minimum absolute atomic E-state index is 0.0359.